The van der Waals surface area contributed by atoms with Crippen molar-refractivity contribution < 1.29 is 9.59 Å². The molecule has 1 aromatic rings. The largest absolute Gasteiger partial charge is 0.337 e. The first-order valence-corrected chi connectivity index (χ1v) is 8.66. The molecular formula is C18H23N3O2. The number of fused-ring (bicyclic) bond motifs is 2. The average molecular weight is 313 g/mol. The summed E-state index contributed by atoms with van der Waals surface area (Å²) < 4.78 is 0. The van der Waals surface area contributed by atoms with Gasteiger partial charge >= 0.3 is 0 Å². The van der Waals surface area contributed by atoms with Crippen molar-refractivity contribution in [1.82, 2.24) is 10.2 Å². The number of hydrogen-bond donors (Lipinski definition) is 1. The van der Waals surface area contributed by atoms with Crippen LogP contribution in [0, 0.1) is 0 Å². The van der Waals surface area contributed by atoms with E-state index in [-0.39, 0.29) is 11.8 Å². The van der Waals surface area contributed by atoms with Crippen molar-refractivity contribution in [3.63, 3.8) is 0 Å². The number of carbonyl (C=O) groups excluding carboxylic acids is 2. The summed E-state index contributed by atoms with van der Waals surface area (Å²) >= 11 is 0. The van der Waals surface area contributed by atoms with Gasteiger partial charge in [0.2, 0.25) is 5.91 Å². The summed E-state index contributed by atoms with van der Waals surface area (Å²) in [7, 11) is 0. The molecule has 3 fully saturated rings. The van der Waals surface area contributed by atoms with Gasteiger partial charge in [-0.05, 0) is 49.9 Å². The lowest BCUT2D eigenvalue weighted by Crippen LogP contribution is -2.39. The van der Waals surface area contributed by atoms with E-state index >= 15 is 0 Å². The summed E-state index contributed by atoms with van der Waals surface area (Å²) in [4.78, 5) is 28.3. The van der Waals surface area contributed by atoms with Crippen molar-refractivity contribution in [3.05, 3.63) is 29.8 Å². The molecule has 0 saturated carbocycles. The van der Waals surface area contributed by atoms with Gasteiger partial charge in [0, 0.05) is 49.4 Å². The highest BCUT2D eigenvalue weighted by molar-refractivity contribution is 5.97. The molecule has 3 aliphatic rings. The lowest BCUT2D eigenvalue weighted by atomic mass is 10.1. The molecule has 2 atom stereocenters. The van der Waals surface area contributed by atoms with E-state index in [1.165, 1.54) is 12.8 Å². The number of rotatable bonds is 2. The number of benzene rings is 1. The number of anilines is 1. The van der Waals surface area contributed by atoms with Crippen LogP contribution in [0.5, 0.6) is 0 Å². The summed E-state index contributed by atoms with van der Waals surface area (Å²) in [5, 5.41) is 3.60. The van der Waals surface area contributed by atoms with Crippen LogP contribution in [-0.2, 0) is 4.79 Å². The van der Waals surface area contributed by atoms with Crippen molar-refractivity contribution in [3.8, 4) is 0 Å². The van der Waals surface area contributed by atoms with E-state index in [1.807, 2.05) is 34.1 Å². The summed E-state index contributed by atoms with van der Waals surface area (Å²) in [6, 6.07) is 8.56. The summed E-state index contributed by atoms with van der Waals surface area (Å²) in [5.41, 5.74) is 1.62. The Morgan fingerprint density at radius 2 is 1.83 bits per heavy atom. The van der Waals surface area contributed by atoms with Gasteiger partial charge in [0.15, 0.2) is 0 Å². The maximum atomic E-state index is 12.7. The van der Waals surface area contributed by atoms with E-state index in [2.05, 4.69) is 5.32 Å². The van der Waals surface area contributed by atoms with E-state index in [0.29, 0.717) is 18.5 Å². The predicted molar refractivity (Wildman–Crippen MR) is 88.5 cm³/mol. The molecule has 1 aromatic carbocycles. The summed E-state index contributed by atoms with van der Waals surface area (Å²) in [5.74, 6) is 0.289. The van der Waals surface area contributed by atoms with Gasteiger partial charge in [-0.2, -0.15) is 0 Å². The molecule has 122 valence electrons. The Kier molecular flexibility index (Phi) is 3.81. The first-order chi connectivity index (χ1) is 11.2. The number of nitrogens with one attached hydrogen (secondary N) is 1. The van der Waals surface area contributed by atoms with Gasteiger partial charge < -0.3 is 15.1 Å². The second-order valence-corrected chi connectivity index (χ2v) is 6.87. The molecule has 5 heteroatoms. The highest BCUT2D eigenvalue weighted by Crippen LogP contribution is 2.24. The third-order valence-corrected chi connectivity index (χ3v) is 5.31. The quantitative estimate of drug-likeness (QED) is 0.905. The third-order valence-electron chi connectivity index (χ3n) is 5.31. The predicted octanol–water partition coefficient (Wildman–Crippen LogP) is 1.78. The highest BCUT2D eigenvalue weighted by Gasteiger charge is 2.31. The fraction of sp³-hybridized carbons (Fsp3) is 0.556. The number of nitrogens with zero attached hydrogens (tertiary/aromatic N) is 2. The van der Waals surface area contributed by atoms with E-state index in [0.717, 1.165) is 43.7 Å². The van der Waals surface area contributed by atoms with Gasteiger partial charge in [-0.1, -0.05) is 0 Å². The van der Waals surface area contributed by atoms with Crippen LogP contribution in [0.4, 0.5) is 5.69 Å². The smallest absolute Gasteiger partial charge is 0.253 e. The van der Waals surface area contributed by atoms with Gasteiger partial charge in [0.25, 0.3) is 5.91 Å². The fourth-order valence-corrected chi connectivity index (χ4v) is 4.02. The minimum Gasteiger partial charge on any atom is -0.337 e. The van der Waals surface area contributed by atoms with Crippen LogP contribution in [0.15, 0.2) is 24.3 Å². The molecule has 3 aliphatic heterocycles. The highest BCUT2D eigenvalue weighted by atomic mass is 16.2. The maximum Gasteiger partial charge on any atom is 0.253 e. The molecule has 0 spiro atoms. The lowest BCUT2D eigenvalue weighted by molar-refractivity contribution is -0.117. The zero-order valence-corrected chi connectivity index (χ0v) is 13.3. The van der Waals surface area contributed by atoms with E-state index in [4.69, 9.17) is 0 Å². The van der Waals surface area contributed by atoms with E-state index in [9.17, 15) is 9.59 Å². The number of carbonyl (C=O) groups is 2. The first kappa shape index (κ1) is 14.7. The van der Waals surface area contributed by atoms with Gasteiger partial charge in [-0.3, -0.25) is 9.59 Å². The standard InChI is InChI=1S/C18H23N3O2/c22-17-2-1-10-21(17)16-7-3-13(4-8-16)18(23)20-11-9-14-5-6-15(12-20)19-14/h3-4,7-8,14-15,19H,1-2,5-6,9-12H2. The Morgan fingerprint density at radius 3 is 2.57 bits per heavy atom. The molecule has 5 nitrogen and oxygen atoms in total. The Labute approximate surface area is 136 Å². The molecule has 3 saturated heterocycles. The first-order valence-electron chi connectivity index (χ1n) is 8.66. The van der Waals surface area contributed by atoms with Crippen molar-refractivity contribution in [1.29, 1.82) is 0 Å². The SMILES string of the molecule is O=C(c1ccc(N2CCCC2=O)cc1)N1CCC2CCC(C1)N2. The monoisotopic (exact) mass is 313 g/mol. The zero-order valence-electron chi connectivity index (χ0n) is 13.3. The van der Waals surface area contributed by atoms with Crippen LogP contribution in [-0.4, -0.2) is 48.4 Å². The van der Waals surface area contributed by atoms with Gasteiger partial charge in [0.1, 0.15) is 0 Å². The van der Waals surface area contributed by atoms with E-state index in [1.54, 1.807) is 0 Å². The minimum atomic E-state index is 0.110. The lowest BCUT2D eigenvalue weighted by Gasteiger charge is -2.24. The van der Waals surface area contributed by atoms with Crippen molar-refractivity contribution in [2.75, 3.05) is 24.5 Å². The second-order valence-electron chi connectivity index (χ2n) is 6.87. The van der Waals surface area contributed by atoms with E-state index < -0.39 is 0 Å². The molecule has 23 heavy (non-hydrogen) atoms. The van der Waals surface area contributed by atoms with Crippen LogP contribution in [0.2, 0.25) is 0 Å². The fourth-order valence-electron chi connectivity index (χ4n) is 4.02. The van der Waals surface area contributed by atoms with Crippen LogP contribution >= 0.6 is 0 Å². The number of likely N-dealkylation sites (tertiary alicyclic amines) is 1. The molecule has 2 unspecified atom stereocenters. The normalized spacial score (nSPS) is 27.4. The molecule has 3 heterocycles. The second kappa shape index (κ2) is 5.96. The Hall–Kier alpha value is -1.88. The summed E-state index contributed by atoms with van der Waals surface area (Å²) in [6.45, 7) is 2.42. The maximum absolute atomic E-state index is 12.7. The Morgan fingerprint density at radius 1 is 1.04 bits per heavy atom. The van der Waals surface area contributed by atoms with Crippen LogP contribution in [0.3, 0.4) is 0 Å². The molecule has 4 rings (SSSR count). The van der Waals surface area contributed by atoms with Gasteiger partial charge in [-0.15, -0.1) is 0 Å². The molecule has 2 amide bonds. The third kappa shape index (κ3) is 2.85. The molecule has 0 radical (unpaired) electrons. The topological polar surface area (TPSA) is 52.7 Å². The Bertz CT molecular complexity index is 613. The molecular weight excluding hydrogens is 290 g/mol. The van der Waals surface area contributed by atoms with Gasteiger partial charge in [0.05, 0.1) is 0 Å². The average Bonchev–Trinajstić information content (AvgIpc) is 3.12. The van der Waals surface area contributed by atoms with Crippen molar-refractivity contribution in [2.45, 2.75) is 44.2 Å². The number of amides is 2. The molecule has 1 N–H and O–H groups in total. The Balaban J connectivity index is 1.47. The van der Waals surface area contributed by atoms with Crippen molar-refractivity contribution >= 4 is 17.5 Å². The van der Waals surface area contributed by atoms with Crippen LogP contribution < -0.4 is 10.2 Å². The van der Waals surface area contributed by atoms with Gasteiger partial charge in [-0.25, -0.2) is 0 Å². The minimum absolute atomic E-state index is 0.110. The molecule has 2 bridgehead atoms. The molecule has 0 aliphatic carbocycles. The summed E-state index contributed by atoms with van der Waals surface area (Å²) in [6.07, 6.45) is 5.01. The number of hydrogen-bond acceptors (Lipinski definition) is 3. The van der Waals surface area contributed by atoms with Crippen LogP contribution in [0.1, 0.15) is 42.5 Å². The van der Waals surface area contributed by atoms with Crippen molar-refractivity contribution in [2.24, 2.45) is 0 Å². The van der Waals surface area contributed by atoms with Crippen LogP contribution in [0.25, 0.3) is 0 Å². The zero-order chi connectivity index (χ0) is 15.8. The molecule has 0 aromatic heterocycles.